The summed E-state index contributed by atoms with van der Waals surface area (Å²) in [4.78, 5) is 10.3. The van der Waals surface area contributed by atoms with Gasteiger partial charge in [0.2, 0.25) is 0 Å². The van der Waals surface area contributed by atoms with Gasteiger partial charge in [-0.2, -0.15) is 0 Å². The van der Waals surface area contributed by atoms with Gasteiger partial charge in [-0.3, -0.25) is 10.1 Å². The first-order chi connectivity index (χ1) is 8.26. The molecule has 1 aromatic rings. The topological polar surface area (TPSA) is 55.2 Å². The van der Waals surface area contributed by atoms with Gasteiger partial charge in [-0.15, -0.1) is 0 Å². The molecule has 0 spiro atoms. The third-order valence-electron chi connectivity index (χ3n) is 2.58. The SMILES string of the molecule is CCCC(C)(C)Nc1cc(F)c(Cl)cc1[N+](=O)[O-]. The first-order valence-electron chi connectivity index (χ1n) is 5.68. The zero-order chi connectivity index (χ0) is 13.9. The molecular formula is C12H16ClFN2O2. The summed E-state index contributed by atoms with van der Waals surface area (Å²) in [6.07, 6.45) is 1.73. The van der Waals surface area contributed by atoms with E-state index in [0.29, 0.717) is 0 Å². The molecule has 100 valence electrons. The monoisotopic (exact) mass is 274 g/mol. The second-order valence-electron chi connectivity index (χ2n) is 4.80. The smallest absolute Gasteiger partial charge is 0.294 e. The van der Waals surface area contributed by atoms with Crippen molar-refractivity contribution in [1.82, 2.24) is 0 Å². The Balaban J connectivity index is 3.15. The maximum atomic E-state index is 13.4. The summed E-state index contributed by atoms with van der Waals surface area (Å²) >= 11 is 5.56. The van der Waals surface area contributed by atoms with Crippen LogP contribution in [0.5, 0.6) is 0 Å². The molecule has 0 saturated carbocycles. The van der Waals surface area contributed by atoms with E-state index in [1.54, 1.807) is 0 Å². The predicted molar refractivity (Wildman–Crippen MR) is 70.7 cm³/mol. The fourth-order valence-corrected chi connectivity index (χ4v) is 2.00. The molecule has 1 N–H and O–H groups in total. The number of hydrogen-bond donors (Lipinski definition) is 1. The highest BCUT2D eigenvalue weighted by Gasteiger charge is 2.23. The maximum Gasteiger partial charge on any atom is 0.294 e. The Labute approximate surface area is 110 Å². The summed E-state index contributed by atoms with van der Waals surface area (Å²) in [5.41, 5.74) is -0.411. The summed E-state index contributed by atoms with van der Waals surface area (Å²) < 4.78 is 13.4. The van der Waals surface area contributed by atoms with Crippen LogP contribution >= 0.6 is 11.6 Å². The summed E-state index contributed by atoms with van der Waals surface area (Å²) in [6, 6.07) is 2.10. The van der Waals surface area contributed by atoms with Gasteiger partial charge in [0.25, 0.3) is 5.69 Å². The lowest BCUT2D eigenvalue weighted by Crippen LogP contribution is -2.30. The molecule has 18 heavy (non-hydrogen) atoms. The average molecular weight is 275 g/mol. The lowest BCUT2D eigenvalue weighted by atomic mass is 9.98. The highest BCUT2D eigenvalue weighted by molar-refractivity contribution is 6.31. The van der Waals surface area contributed by atoms with Gasteiger partial charge in [0, 0.05) is 17.7 Å². The van der Waals surface area contributed by atoms with Crippen molar-refractivity contribution < 1.29 is 9.31 Å². The predicted octanol–water partition coefficient (Wildman–Crippen LogP) is 4.38. The second kappa shape index (κ2) is 5.52. The van der Waals surface area contributed by atoms with E-state index in [9.17, 15) is 14.5 Å². The Morgan fingerprint density at radius 3 is 2.61 bits per heavy atom. The molecule has 6 heteroatoms. The minimum Gasteiger partial charge on any atom is -0.375 e. The number of anilines is 1. The van der Waals surface area contributed by atoms with Gasteiger partial charge in [0.1, 0.15) is 11.5 Å². The first kappa shape index (κ1) is 14.7. The minimum absolute atomic E-state index is 0.153. The van der Waals surface area contributed by atoms with Crippen molar-refractivity contribution in [1.29, 1.82) is 0 Å². The van der Waals surface area contributed by atoms with Crippen molar-refractivity contribution in [3.63, 3.8) is 0 Å². The maximum absolute atomic E-state index is 13.4. The zero-order valence-corrected chi connectivity index (χ0v) is 11.3. The van der Waals surface area contributed by atoms with Crippen LogP contribution < -0.4 is 5.32 Å². The average Bonchev–Trinajstić information content (AvgIpc) is 2.22. The zero-order valence-electron chi connectivity index (χ0n) is 10.6. The molecule has 0 aliphatic carbocycles. The molecular weight excluding hydrogens is 259 g/mol. The molecule has 0 aromatic heterocycles. The normalized spacial score (nSPS) is 11.4. The second-order valence-corrected chi connectivity index (χ2v) is 5.21. The molecule has 1 rings (SSSR count). The molecule has 0 bridgehead atoms. The van der Waals surface area contributed by atoms with Gasteiger partial charge in [-0.05, 0) is 20.3 Å². The highest BCUT2D eigenvalue weighted by atomic mass is 35.5. The van der Waals surface area contributed by atoms with E-state index in [0.717, 1.165) is 25.0 Å². The first-order valence-corrected chi connectivity index (χ1v) is 6.06. The van der Waals surface area contributed by atoms with Gasteiger partial charge in [-0.1, -0.05) is 24.9 Å². The van der Waals surface area contributed by atoms with E-state index < -0.39 is 10.7 Å². The molecule has 0 amide bonds. The number of nitro groups is 1. The Bertz CT molecular complexity index is 464. The van der Waals surface area contributed by atoms with Crippen LogP contribution in [0.25, 0.3) is 0 Å². The van der Waals surface area contributed by atoms with Crippen LogP contribution in [0.2, 0.25) is 5.02 Å². The van der Waals surface area contributed by atoms with Crippen LogP contribution in [0.1, 0.15) is 33.6 Å². The standard InChI is InChI=1S/C12H16ClFN2O2/c1-4-5-12(2,3)15-10-7-9(14)8(13)6-11(10)16(17)18/h6-7,15H,4-5H2,1-3H3. The van der Waals surface area contributed by atoms with Crippen molar-refractivity contribution in [2.75, 3.05) is 5.32 Å². The summed E-state index contributed by atoms with van der Waals surface area (Å²) in [6.45, 7) is 5.83. The van der Waals surface area contributed by atoms with Crippen LogP contribution in [0.15, 0.2) is 12.1 Å². The summed E-state index contributed by atoms with van der Waals surface area (Å²) in [5, 5.41) is 13.7. The largest absolute Gasteiger partial charge is 0.375 e. The molecule has 0 unspecified atom stereocenters. The van der Waals surface area contributed by atoms with Gasteiger partial charge in [0.15, 0.2) is 0 Å². The molecule has 0 aliphatic rings. The third kappa shape index (κ3) is 3.57. The van der Waals surface area contributed by atoms with E-state index in [1.807, 2.05) is 20.8 Å². The fourth-order valence-electron chi connectivity index (χ4n) is 1.84. The van der Waals surface area contributed by atoms with Crippen LogP contribution in [-0.2, 0) is 0 Å². The van der Waals surface area contributed by atoms with E-state index in [4.69, 9.17) is 11.6 Å². The van der Waals surface area contributed by atoms with Crippen LogP contribution in [0, 0.1) is 15.9 Å². The number of hydrogen-bond acceptors (Lipinski definition) is 3. The van der Waals surface area contributed by atoms with Crippen molar-refractivity contribution >= 4 is 23.0 Å². The number of nitrogens with zero attached hydrogens (tertiary/aromatic N) is 1. The van der Waals surface area contributed by atoms with Gasteiger partial charge in [0.05, 0.1) is 9.95 Å². The fraction of sp³-hybridized carbons (Fsp3) is 0.500. The summed E-state index contributed by atoms with van der Waals surface area (Å²) in [5.74, 6) is -0.669. The van der Waals surface area contributed by atoms with Crippen LogP contribution in [-0.4, -0.2) is 10.5 Å². The van der Waals surface area contributed by atoms with E-state index >= 15 is 0 Å². The molecule has 4 nitrogen and oxygen atoms in total. The highest BCUT2D eigenvalue weighted by Crippen LogP contribution is 2.33. The lowest BCUT2D eigenvalue weighted by Gasteiger charge is -2.27. The minimum atomic E-state index is -0.669. The Morgan fingerprint density at radius 1 is 1.50 bits per heavy atom. The van der Waals surface area contributed by atoms with Crippen molar-refractivity contribution in [2.45, 2.75) is 39.2 Å². The molecule has 1 aromatic carbocycles. The molecule has 0 radical (unpaired) electrons. The van der Waals surface area contributed by atoms with E-state index in [2.05, 4.69) is 5.32 Å². The van der Waals surface area contributed by atoms with Crippen LogP contribution in [0.4, 0.5) is 15.8 Å². The van der Waals surface area contributed by atoms with Gasteiger partial charge >= 0.3 is 0 Å². The van der Waals surface area contributed by atoms with Crippen molar-refractivity contribution in [3.05, 3.63) is 33.1 Å². The number of nitro benzene ring substituents is 1. The number of benzene rings is 1. The van der Waals surface area contributed by atoms with Crippen molar-refractivity contribution in [3.8, 4) is 0 Å². The lowest BCUT2D eigenvalue weighted by molar-refractivity contribution is -0.384. The van der Waals surface area contributed by atoms with E-state index in [1.165, 1.54) is 0 Å². The molecule has 0 heterocycles. The molecule has 0 atom stereocenters. The summed E-state index contributed by atoms with van der Waals surface area (Å²) in [7, 11) is 0. The third-order valence-corrected chi connectivity index (χ3v) is 2.87. The molecule has 0 saturated heterocycles. The Hall–Kier alpha value is -1.36. The Morgan fingerprint density at radius 2 is 2.11 bits per heavy atom. The molecule has 0 fully saturated rings. The van der Waals surface area contributed by atoms with Crippen molar-refractivity contribution in [2.24, 2.45) is 0 Å². The Kier molecular flexibility index (Phi) is 4.51. The van der Waals surface area contributed by atoms with Gasteiger partial charge in [-0.25, -0.2) is 4.39 Å². The number of rotatable bonds is 5. The molecule has 0 aliphatic heterocycles. The van der Waals surface area contributed by atoms with E-state index in [-0.39, 0.29) is 21.9 Å². The number of halogens is 2. The van der Waals surface area contributed by atoms with Gasteiger partial charge < -0.3 is 5.32 Å². The van der Waals surface area contributed by atoms with Crippen LogP contribution in [0.3, 0.4) is 0 Å². The number of nitrogens with one attached hydrogen (secondary N) is 1. The quantitative estimate of drug-likeness (QED) is 0.640.